The van der Waals surface area contributed by atoms with Crippen LogP contribution in [0.5, 0.6) is 0 Å². The molecule has 27 heavy (non-hydrogen) atoms. The van der Waals surface area contributed by atoms with Gasteiger partial charge in [0.05, 0.1) is 24.6 Å². The molecule has 0 atom stereocenters. The molecule has 9 heteroatoms. The molecule has 0 unspecified atom stereocenters. The number of aryl methyl sites for hydroxylation is 1. The van der Waals surface area contributed by atoms with Gasteiger partial charge in [0, 0.05) is 11.3 Å². The Labute approximate surface area is 158 Å². The van der Waals surface area contributed by atoms with Crippen molar-refractivity contribution in [1.82, 2.24) is 35.5 Å². The van der Waals surface area contributed by atoms with Crippen LogP contribution in [0, 0.1) is 6.92 Å². The molecule has 1 aromatic carbocycles. The predicted octanol–water partition coefficient (Wildman–Crippen LogP) is 2.42. The van der Waals surface area contributed by atoms with Crippen molar-refractivity contribution in [2.24, 2.45) is 0 Å². The molecule has 0 fully saturated rings. The van der Waals surface area contributed by atoms with Crippen LogP contribution in [0.4, 0.5) is 0 Å². The topological polar surface area (TPSA) is 98.5 Å². The lowest BCUT2D eigenvalue weighted by Crippen LogP contribution is -2.23. The number of hydrogen-bond donors (Lipinski definition) is 1. The van der Waals surface area contributed by atoms with Gasteiger partial charge in [-0.05, 0) is 19.1 Å². The van der Waals surface area contributed by atoms with Gasteiger partial charge < -0.3 is 5.32 Å². The summed E-state index contributed by atoms with van der Waals surface area (Å²) in [5, 5.41) is 20.5. The van der Waals surface area contributed by atoms with Crippen LogP contribution in [0.15, 0.2) is 54.9 Å². The molecule has 1 amide bonds. The molecular weight excluding hydrogens is 362 g/mol. The van der Waals surface area contributed by atoms with Gasteiger partial charge in [0.15, 0.2) is 5.69 Å². The van der Waals surface area contributed by atoms with Crippen LogP contribution < -0.4 is 5.32 Å². The number of aromatic nitrogens is 6. The van der Waals surface area contributed by atoms with E-state index in [4.69, 9.17) is 0 Å². The highest BCUT2D eigenvalue weighted by Gasteiger charge is 2.13. The molecular formula is C18H15N7OS. The molecule has 4 aromatic rings. The van der Waals surface area contributed by atoms with Crippen molar-refractivity contribution in [3.05, 3.63) is 71.3 Å². The predicted molar refractivity (Wildman–Crippen MR) is 100 cm³/mol. The maximum absolute atomic E-state index is 12.3. The van der Waals surface area contributed by atoms with Gasteiger partial charge in [0.25, 0.3) is 5.91 Å². The van der Waals surface area contributed by atoms with Gasteiger partial charge in [-0.1, -0.05) is 46.9 Å². The van der Waals surface area contributed by atoms with Crippen molar-refractivity contribution in [3.8, 4) is 16.3 Å². The molecule has 3 heterocycles. The van der Waals surface area contributed by atoms with Gasteiger partial charge in [0.2, 0.25) is 0 Å². The minimum Gasteiger partial charge on any atom is -0.344 e. The van der Waals surface area contributed by atoms with E-state index in [1.54, 1.807) is 12.4 Å². The van der Waals surface area contributed by atoms with E-state index in [1.165, 1.54) is 16.0 Å². The number of amides is 1. The quantitative estimate of drug-likeness (QED) is 0.573. The average molecular weight is 377 g/mol. The maximum atomic E-state index is 12.3. The Kier molecular flexibility index (Phi) is 4.67. The van der Waals surface area contributed by atoms with E-state index >= 15 is 0 Å². The third-order valence-electron chi connectivity index (χ3n) is 3.77. The van der Waals surface area contributed by atoms with E-state index in [-0.39, 0.29) is 18.1 Å². The van der Waals surface area contributed by atoms with Crippen LogP contribution in [0.2, 0.25) is 0 Å². The molecule has 0 aliphatic carbocycles. The van der Waals surface area contributed by atoms with Crippen LogP contribution in [-0.2, 0) is 6.54 Å². The van der Waals surface area contributed by atoms with Crippen molar-refractivity contribution < 1.29 is 4.79 Å². The second-order valence-electron chi connectivity index (χ2n) is 5.76. The van der Waals surface area contributed by atoms with E-state index in [2.05, 4.69) is 30.8 Å². The number of rotatable bonds is 5. The maximum Gasteiger partial charge on any atom is 0.273 e. The zero-order valence-corrected chi connectivity index (χ0v) is 15.2. The monoisotopic (exact) mass is 377 g/mol. The normalized spacial score (nSPS) is 10.7. The number of nitrogens with zero attached hydrogens (tertiary/aromatic N) is 6. The molecule has 0 saturated carbocycles. The Hall–Kier alpha value is -3.46. The van der Waals surface area contributed by atoms with E-state index in [9.17, 15) is 4.79 Å². The Morgan fingerprint density at radius 3 is 2.74 bits per heavy atom. The zero-order valence-electron chi connectivity index (χ0n) is 14.4. The van der Waals surface area contributed by atoms with E-state index in [0.29, 0.717) is 0 Å². The van der Waals surface area contributed by atoms with Crippen LogP contribution in [-0.4, -0.2) is 36.1 Å². The second kappa shape index (κ2) is 7.42. The Balaban J connectivity index is 1.40. The van der Waals surface area contributed by atoms with Crippen molar-refractivity contribution in [2.45, 2.75) is 13.5 Å². The van der Waals surface area contributed by atoms with Gasteiger partial charge in [0.1, 0.15) is 10.0 Å². The van der Waals surface area contributed by atoms with Crippen LogP contribution in [0.1, 0.15) is 21.2 Å². The fourth-order valence-electron chi connectivity index (χ4n) is 2.36. The molecule has 1 N–H and O–H groups in total. The largest absolute Gasteiger partial charge is 0.344 e. The smallest absolute Gasteiger partial charge is 0.273 e. The SMILES string of the molecule is Cc1ccc(-n2cc(C(=O)NCc3nnc(-c4ccccc4)s3)nn2)cn1. The first-order valence-electron chi connectivity index (χ1n) is 8.20. The number of nitrogens with one attached hydrogen (secondary N) is 1. The minimum atomic E-state index is -0.321. The summed E-state index contributed by atoms with van der Waals surface area (Å²) in [5.41, 5.74) is 2.87. The highest BCUT2D eigenvalue weighted by molar-refractivity contribution is 7.14. The molecule has 0 spiro atoms. The summed E-state index contributed by atoms with van der Waals surface area (Å²) < 4.78 is 1.51. The fraction of sp³-hybridized carbons (Fsp3) is 0.111. The Bertz CT molecular complexity index is 1060. The lowest BCUT2D eigenvalue weighted by molar-refractivity contribution is 0.0945. The molecule has 0 aliphatic heterocycles. The minimum absolute atomic E-state index is 0.225. The van der Waals surface area contributed by atoms with E-state index < -0.39 is 0 Å². The first kappa shape index (κ1) is 17.0. The van der Waals surface area contributed by atoms with E-state index in [0.717, 1.165) is 27.0 Å². The average Bonchev–Trinajstić information content (AvgIpc) is 3.37. The number of carbonyl (C=O) groups is 1. The molecule has 0 aliphatic rings. The van der Waals surface area contributed by atoms with Gasteiger partial charge in [-0.3, -0.25) is 9.78 Å². The molecule has 0 bridgehead atoms. The summed E-state index contributed by atoms with van der Waals surface area (Å²) in [4.78, 5) is 16.5. The number of hydrogen-bond acceptors (Lipinski definition) is 7. The van der Waals surface area contributed by atoms with Gasteiger partial charge in [-0.25, -0.2) is 4.68 Å². The summed E-state index contributed by atoms with van der Waals surface area (Å²) in [6, 6.07) is 13.5. The van der Waals surface area contributed by atoms with Crippen LogP contribution in [0.25, 0.3) is 16.3 Å². The molecule has 4 rings (SSSR count). The zero-order chi connectivity index (χ0) is 18.6. The Morgan fingerprint density at radius 1 is 1.11 bits per heavy atom. The molecule has 3 aromatic heterocycles. The highest BCUT2D eigenvalue weighted by Crippen LogP contribution is 2.22. The molecule has 0 saturated heterocycles. The standard InChI is InChI=1S/C18H15N7OS/c1-12-7-8-14(9-19-12)25-11-15(21-24-25)17(26)20-10-16-22-23-18(27-16)13-5-3-2-4-6-13/h2-9,11H,10H2,1H3,(H,20,26). The van der Waals surface area contributed by atoms with Crippen molar-refractivity contribution in [1.29, 1.82) is 0 Å². The van der Waals surface area contributed by atoms with Crippen molar-refractivity contribution in [3.63, 3.8) is 0 Å². The fourth-order valence-corrected chi connectivity index (χ4v) is 3.14. The van der Waals surface area contributed by atoms with Crippen LogP contribution in [0.3, 0.4) is 0 Å². The van der Waals surface area contributed by atoms with Gasteiger partial charge >= 0.3 is 0 Å². The lowest BCUT2D eigenvalue weighted by Gasteiger charge is -1.99. The first-order chi connectivity index (χ1) is 13.2. The van der Waals surface area contributed by atoms with Gasteiger partial charge in [-0.15, -0.1) is 15.3 Å². The summed E-state index contributed by atoms with van der Waals surface area (Å²) in [6.07, 6.45) is 3.25. The summed E-state index contributed by atoms with van der Waals surface area (Å²) >= 11 is 1.44. The lowest BCUT2D eigenvalue weighted by atomic mass is 10.2. The molecule has 134 valence electrons. The third-order valence-corrected chi connectivity index (χ3v) is 4.75. The van der Waals surface area contributed by atoms with Crippen molar-refractivity contribution >= 4 is 17.2 Å². The molecule has 8 nitrogen and oxygen atoms in total. The summed E-state index contributed by atoms with van der Waals surface area (Å²) in [5.74, 6) is -0.321. The van der Waals surface area contributed by atoms with Crippen molar-refractivity contribution in [2.75, 3.05) is 0 Å². The number of carbonyl (C=O) groups excluding carboxylic acids is 1. The first-order valence-corrected chi connectivity index (χ1v) is 9.02. The Morgan fingerprint density at radius 2 is 1.96 bits per heavy atom. The highest BCUT2D eigenvalue weighted by atomic mass is 32.1. The third kappa shape index (κ3) is 3.87. The van der Waals surface area contributed by atoms with Crippen LogP contribution >= 0.6 is 11.3 Å². The van der Waals surface area contributed by atoms with Gasteiger partial charge in [-0.2, -0.15) is 0 Å². The number of pyridine rings is 1. The summed E-state index contributed by atoms with van der Waals surface area (Å²) in [7, 11) is 0. The molecule has 0 radical (unpaired) electrons. The number of benzene rings is 1. The summed E-state index contributed by atoms with van der Waals surface area (Å²) in [6.45, 7) is 2.18. The second-order valence-corrected chi connectivity index (χ2v) is 6.82. The van der Waals surface area contributed by atoms with E-state index in [1.807, 2.05) is 49.4 Å².